The lowest BCUT2D eigenvalue weighted by Gasteiger charge is -2.11. The number of rotatable bonds is 3. The van der Waals surface area contributed by atoms with Gasteiger partial charge in [-0.3, -0.25) is 0 Å². The molecule has 5 heteroatoms. The largest absolute Gasteiger partial charge is 0.457 e. The fourth-order valence-corrected chi connectivity index (χ4v) is 1.97. The lowest BCUT2D eigenvalue weighted by atomic mass is 10.2. The van der Waals surface area contributed by atoms with Crippen molar-refractivity contribution in [2.45, 2.75) is 6.54 Å². The lowest BCUT2D eigenvalue weighted by molar-refractivity contribution is 0.474. The Morgan fingerprint density at radius 3 is 2.67 bits per heavy atom. The monoisotopic (exact) mass is 329 g/mol. The molecule has 0 aliphatic heterocycles. The van der Waals surface area contributed by atoms with Crippen LogP contribution in [0.5, 0.6) is 11.5 Å². The second-order valence-corrected chi connectivity index (χ2v) is 4.96. The van der Waals surface area contributed by atoms with Gasteiger partial charge in [-0.05, 0) is 24.3 Å². The Balaban J connectivity index is 2.33. The van der Waals surface area contributed by atoms with Crippen LogP contribution in [-0.4, -0.2) is 0 Å². The minimum atomic E-state index is -0.475. The number of nitrogens with two attached hydrogens (primary N) is 1. The van der Waals surface area contributed by atoms with Gasteiger partial charge in [0.1, 0.15) is 17.3 Å². The summed E-state index contributed by atoms with van der Waals surface area (Å²) in [6, 6.07) is 9.76. The van der Waals surface area contributed by atoms with Gasteiger partial charge in [0.05, 0.1) is 5.02 Å². The average Bonchev–Trinajstić information content (AvgIpc) is 2.34. The first-order chi connectivity index (χ1) is 8.60. The lowest BCUT2D eigenvalue weighted by Crippen LogP contribution is -1.99. The molecule has 94 valence electrons. The van der Waals surface area contributed by atoms with Crippen molar-refractivity contribution >= 4 is 27.5 Å². The molecule has 0 atom stereocenters. The van der Waals surface area contributed by atoms with Crippen LogP contribution in [0.15, 0.2) is 40.9 Å². The van der Waals surface area contributed by atoms with Crippen LogP contribution < -0.4 is 10.5 Å². The number of halogens is 3. The second-order valence-electron chi connectivity index (χ2n) is 3.63. The maximum Gasteiger partial charge on any atom is 0.142 e. The van der Waals surface area contributed by atoms with Crippen molar-refractivity contribution in [1.82, 2.24) is 0 Å². The minimum absolute atomic E-state index is 0.0248. The minimum Gasteiger partial charge on any atom is -0.457 e. The van der Waals surface area contributed by atoms with Crippen LogP contribution in [0.3, 0.4) is 0 Å². The molecule has 0 aromatic heterocycles. The van der Waals surface area contributed by atoms with E-state index in [0.29, 0.717) is 18.0 Å². The standard InChI is InChI=1S/C13H10BrClFNO/c14-9-2-1-8(7-17)13(5-9)18-10-3-4-12(16)11(15)6-10/h1-6H,7,17H2. The third kappa shape index (κ3) is 3.02. The molecule has 0 spiro atoms. The van der Waals surface area contributed by atoms with E-state index in [-0.39, 0.29) is 5.02 Å². The van der Waals surface area contributed by atoms with E-state index >= 15 is 0 Å². The van der Waals surface area contributed by atoms with Gasteiger partial charge in [-0.15, -0.1) is 0 Å². The van der Waals surface area contributed by atoms with Crippen LogP contribution in [0.1, 0.15) is 5.56 Å². The fourth-order valence-electron chi connectivity index (χ4n) is 1.46. The van der Waals surface area contributed by atoms with Crippen molar-refractivity contribution in [3.63, 3.8) is 0 Å². The quantitative estimate of drug-likeness (QED) is 0.899. The third-order valence-corrected chi connectivity index (χ3v) is 3.15. The molecule has 0 aliphatic rings. The molecule has 2 rings (SSSR count). The van der Waals surface area contributed by atoms with Gasteiger partial charge in [0, 0.05) is 22.6 Å². The highest BCUT2D eigenvalue weighted by atomic mass is 79.9. The average molecular weight is 331 g/mol. The Bertz CT molecular complexity index is 577. The van der Waals surface area contributed by atoms with Crippen LogP contribution in [0.25, 0.3) is 0 Å². The molecule has 2 N–H and O–H groups in total. The van der Waals surface area contributed by atoms with E-state index in [1.807, 2.05) is 12.1 Å². The van der Waals surface area contributed by atoms with Crippen LogP contribution in [0, 0.1) is 5.82 Å². The van der Waals surface area contributed by atoms with E-state index in [1.165, 1.54) is 18.2 Å². The summed E-state index contributed by atoms with van der Waals surface area (Å²) < 4.78 is 19.6. The molecule has 2 aromatic rings. The van der Waals surface area contributed by atoms with Gasteiger partial charge >= 0.3 is 0 Å². The first kappa shape index (κ1) is 13.3. The molecule has 2 aromatic carbocycles. The van der Waals surface area contributed by atoms with E-state index in [9.17, 15) is 4.39 Å². The zero-order chi connectivity index (χ0) is 13.1. The number of hydrogen-bond acceptors (Lipinski definition) is 2. The van der Waals surface area contributed by atoms with Crippen LogP contribution in [-0.2, 0) is 6.54 Å². The molecule has 0 unspecified atom stereocenters. The van der Waals surface area contributed by atoms with Crippen molar-refractivity contribution in [3.05, 3.63) is 57.3 Å². The van der Waals surface area contributed by atoms with E-state index in [0.717, 1.165) is 10.0 Å². The Morgan fingerprint density at radius 2 is 2.00 bits per heavy atom. The molecule has 0 fully saturated rings. The van der Waals surface area contributed by atoms with Gasteiger partial charge in [-0.1, -0.05) is 33.6 Å². The third-order valence-electron chi connectivity index (χ3n) is 2.37. The zero-order valence-corrected chi connectivity index (χ0v) is 11.6. The molecular weight excluding hydrogens is 321 g/mol. The van der Waals surface area contributed by atoms with E-state index in [4.69, 9.17) is 22.1 Å². The molecule has 0 heterocycles. The van der Waals surface area contributed by atoms with Gasteiger partial charge in [0.15, 0.2) is 0 Å². The molecule has 0 amide bonds. The van der Waals surface area contributed by atoms with Gasteiger partial charge in [-0.25, -0.2) is 4.39 Å². The van der Waals surface area contributed by atoms with E-state index in [1.54, 1.807) is 6.07 Å². The Kier molecular flexibility index (Phi) is 4.22. The number of benzene rings is 2. The Labute approximate surface area is 118 Å². The SMILES string of the molecule is NCc1ccc(Br)cc1Oc1ccc(F)c(Cl)c1. The van der Waals surface area contributed by atoms with Crippen molar-refractivity contribution in [2.24, 2.45) is 5.73 Å². The molecule has 0 bridgehead atoms. The zero-order valence-electron chi connectivity index (χ0n) is 9.29. The van der Waals surface area contributed by atoms with Gasteiger partial charge in [0.25, 0.3) is 0 Å². The highest BCUT2D eigenvalue weighted by Crippen LogP contribution is 2.30. The van der Waals surface area contributed by atoms with Crippen LogP contribution in [0.2, 0.25) is 5.02 Å². The number of ether oxygens (including phenoxy) is 1. The highest BCUT2D eigenvalue weighted by molar-refractivity contribution is 9.10. The van der Waals surface area contributed by atoms with E-state index in [2.05, 4.69) is 15.9 Å². The van der Waals surface area contributed by atoms with Crippen molar-refractivity contribution < 1.29 is 9.13 Å². The predicted molar refractivity (Wildman–Crippen MR) is 73.5 cm³/mol. The summed E-state index contributed by atoms with van der Waals surface area (Å²) in [5, 5.41) is 0.0248. The molecule has 0 saturated carbocycles. The molecule has 0 saturated heterocycles. The molecule has 0 aliphatic carbocycles. The predicted octanol–water partition coefficient (Wildman–Crippen LogP) is 4.49. The molecule has 18 heavy (non-hydrogen) atoms. The number of hydrogen-bond donors (Lipinski definition) is 1. The first-order valence-electron chi connectivity index (χ1n) is 5.21. The second kappa shape index (κ2) is 5.69. The Hall–Kier alpha value is -1.10. The summed E-state index contributed by atoms with van der Waals surface area (Å²) in [5.74, 6) is 0.612. The molecule has 2 nitrogen and oxygen atoms in total. The smallest absolute Gasteiger partial charge is 0.142 e. The van der Waals surface area contributed by atoms with Crippen molar-refractivity contribution in [1.29, 1.82) is 0 Å². The summed E-state index contributed by atoms with van der Waals surface area (Å²) >= 11 is 9.05. The fraction of sp³-hybridized carbons (Fsp3) is 0.0769. The van der Waals surface area contributed by atoms with Crippen molar-refractivity contribution in [3.8, 4) is 11.5 Å². The normalized spacial score (nSPS) is 10.4. The van der Waals surface area contributed by atoms with Crippen molar-refractivity contribution in [2.75, 3.05) is 0 Å². The summed E-state index contributed by atoms with van der Waals surface area (Å²) in [6.45, 7) is 0.359. The first-order valence-corrected chi connectivity index (χ1v) is 6.38. The summed E-state index contributed by atoms with van der Waals surface area (Å²) in [7, 11) is 0. The summed E-state index contributed by atoms with van der Waals surface area (Å²) in [5.41, 5.74) is 6.49. The molecule has 0 radical (unpaired) electrons. The maximum atomic E-state index is 13.0. The van der Waals surface area contributed by atoms with Crippen LogP contribution in [0.4, 0.5) is 4.39 Å². The maximum absolute atomic E-state index is 13.0. The van der Waals surface area contributed by atoms with Gasteiger partial charge < -0.3 is 10.5 Å². The Morgan fingerprint density at radius 1 is 1.22 bits per heavy atom. The van der Waals surface area contributed by atoms with E-state index < -0.39 is 5.82 Å². The van der Waals surface area contributed by atoms with Gasteiger partial charge in [0.2, 0.25) is 0 Å². The summed E-state index contributed by atoms with van der Waals surface area (Å²) in [6.07, 6.45) is 0. The highest BCUT2D eigenvalue weighted by Gasteiger charge is 2.07. The molecular formula is C13H10BrClFNO. The van der Waals surface area contributed by atoms with Crippen LogP contribution >= 0.6 is 27.5 Å². The van der Waals surface area contributed by atoms with Gasteiger partial charge in [-0.2, -0.15) is 0 Å². The summed E-state index contributed by atoms with van der Waals surface area (Å²) in [4.78, 5) is 0. The topological polar surface area (TPSA) is 35.2 Å².